The molecule has 1 unspecified atom stereocenters. The van der Waals surface area contributed by atoms with Crippen molar-refractivity contribution in [2.24, 2.45) is 0 Å². The minimum atomic E-state index is -0.855. The van der Waals surface area contributed by atoms with E-state index in [1.165, 1.54) is 11.0 Å². The minimum absolute atomic E-state index is 0.0312. The lowest BCUT2D eigenvalue weighted by molar-refractivity contribution is -0.149. The molecule has 1 heterocycles. The predicted octanol–water partition coefficient (Wildman–Crippen LogP) is 2.22. The van der Waals surface area contributed by atoms with Crippen LogP contribution in [0, 0.1) is 5.82 Å². The van der Waals surface area contributed by atoms with Gasteiger partial charge in [0.15, 0.2) is 0 Å². The van der Waals surface area contributed by atoms with Crippen molar-refractivity contribution in [2.75, 3.05) is 6.54 Å². The molecule has 1 saturated heterocycles. The lowest BCUT2D eigenvalue weighted by Crippen LogP contribution is -2.64. The lowest BCUT2D eigenvalue weighted by atomic mass is 9.94. The molecule has 1 atom stereocenters. The van der Waals surface area contributed by atoms with E-state index in [2.05, 4.69) is 21.2 Å². The highest BCUT2D eigenvalue weighted by Gasteiger charge is 2.41. The maximum absolute atomic E-state index is 13.2. The summed E-state index contributed by atoms with van der Waals surface area (Å²) in [6.07, 6.45) is 0.529. The second kappa shape index (κ2) is 5.52. The van der Waals surface area contributed by atoms with Crippen LogP contribution in [-0.2, 0) is 16.1 Å². The molecule has 108 valence electrons. The number of carbonyl (C=O) groups is 2. The van der Waals surface area contributed by atoms with Gasteiger partial charge in [0.25, 0.3) is 0 Å². The number of benzene rings is 1. The zero-order valence-electron chi connectivity index (χ0n) is 11.4. The smallest absolute Gasteiger partial charge is 0.248 e. The summed E-state index contributed by atoms with van der Waals surface area (Å²) in [5.41, 5.74) is -0.0770. The van der Waals surface area contributed by atoms with E-state index in [0.717, 1.165) is 5.56 Å². The van der Waals surface area contributed by atoms with E-state index in [4.69, 9.17) is 0 Å². The molecular formula is C14H16BrFN2O2. The highest BCUT2D eigenvalue weighted by Crippen LogP contribution is 2.22. The van der Waals surface area contributed by atoms with Crippen LogP contribution in [0.5, 0.6) is 0 Å². The van der Waals surface area contributed by atoms with Crippen molar-refractivity contribution in [3.8, 4) is 0 Å². The number of piperazine rings is 1. The first-order chi connectivity index (χ1) is 9.35. The molecule has 0 saturated carbocycles. The molecule has 1 N–H and O–H groups in total. The molecule has 0 aliphatic carbocycles. The van der Waals surface area contributed by atoms with E-state index < -0.39 is 5.54 Å². The Morgan fingerprint density at radius 2 is 2.15 bits per heavy atom. The number of halogens is 2. The van der Waals surface area contributed by atoms with Crippen molar-refractivity contribution >= 4 is 27.7 Å². The highest BCUT2D eigenvalue weighted by molar-refractivity contribution is 9.10. The molecule has 4 nitrogen and oxygen atoms in total. The second-order valence-corrected chi connectivity index (χ2v) is 6.00. The standard InChI is InChI=1S/C14H16BrFN2O2/c1-3-14(2)13(20)18(8-12(19)17-14)7-9-4-5-11(16)10(15)6-9/h4-6H,3,7-8H2,1-2H3,(H,17,19). The van der Waals surface area contributed by atoms with E-state index >= 15 is 0 Å². The number of hydrogen-bond acceptors (Lipinski definition) is 2. The van der Waals surface area contributed by atoms with Crippen molar-refractivity contribution < 1.29 is 14.0 Å². The van der Waals surface area contributed by atoms with Gasteiger partial charge in [0.05, 0.1) is 11.0 Å². The van der Waals surface area contributed by atoms with E-state index in [9.17, 15) is 14.0 Å². The Hall–Kier alpha value is -1.43. The van der Waals surface area contributed by atoms with Gasteiger partial charge in [-0.3, -0.25) is 9.59 Å². The first kappa shape index (κ1) is 15.0. The summed E-state index contributed by atoms with van der Waals surface area (Å²) in [5.74, 6) is -0.634. The molecule has 1 aliphatic heterocycles. The zero-order chi connectivity index (χ0) is 14.9. The number of nitrogens with zero attached hydrogens (tertiary/aromatic N) is 1. The van der Waals surface area contributed by atoms with Crippen LogP contribution < -0.4 is 5.32 Å². The van der Waals surface area contributed by atoms with Gasteiger partial charge in [0.1, 0.15) is 11.4 Å². The zero-order valence-corrected chi connectivity index (χ0v) is 13.0. The Morgan fingerprint density at radius 3 is 2.75 bits per heavy atom. The minimum Gasteiger partial charge on any atom is -0.340 e. The number of nitrogens with one attached hydrogen (secondary N) is 1. The quantitative estimate of drug-likeness (QED) is 0.915. The van der Waals surface area contributed by atoms with E-state index in [1.807, 2.05) is 6.92 Å². The summed E-state index contributed by atoms with van der Waals surface area (Å²) in [4.78, 5) is 25.6. The average Bonchev–Trinajstić information content (AvgIpc) is 2.40. The predicted molar refractivity (Wildman–Crippen MR) is 76.4 cm³/mol. The number of amides is 2. The molecular weight excluding hydrogens is 327 g/mol. The van der Waals surface area contributed by atoms with Gasteiger partial charge in [-0.15, -0.1) is 0 Å². The van der Waals surface area contributed by atoms with Gasteiger partial charge in [0.2, 0.25) is 11.8 Å². The van der Waals surface area contributed by atoms with Gasteiger partial charge in [-0.2, -0.15) is 0 Å². The normalized spacial score (nSPS) is 22.9. The summed E-state index contributed by atoms with van der Waals surface area (Å²) in [6, 6.07) is 4.58. The summed E-state index contributed by atoms with van der Waals surface area (Å²) >= 11 is 3.12. The molecule has 6 heteroatoms. The molecule has 1 aromatic rings. The van der Waals surface area contributed by atoms with Crippen LogP contribution in [0.25, 0.3) is 0 Å². The molecule has 2 rings (SSSR count). The number of carbonyl (C=O) groups excluding carboxylic acids is 2. The van der Waals surface area contributed by atoms with Crippen molar-refractivity contribution in [3.05, 3.63) is 34.1 Å². The largest absolute Gasteiger partial charge is 0.340 e. The van der Waals surface area contributed by atoms with E-state index in [-0.39, 0.29) is 24.2 Å². The summed E-state index contributed by atoms with van der Waals surface area (Å²) < 4.78 is 13.6. The maximum atomic E-state index is 13.2. The highest BCUT2D eigenvalue weighted by atomic mass is 79.9. The van der Waals surface area contributed by atoms with Crippen molar-refractivity contribution in [3.63, 3.8) is 0 Å². The van der Waals surface area contributed by atoms with Gasteiger partial charge < -0.3 is 10.2 Å². The van der Waals surface area contributed by atoms with E-state index in [1.54, 1.807) is 19.1 Å². The van der Waals surface area contributed by atoms with Gasteiger partial charge in [0, 0.05) is 6.54 Å². The van der Waals surface area contributed by atoms with Crippen LogP contribution >= 0.6 is 15.9 Å². The molecule has 0 bridgehead atoms. The molecule has 1 aromatic carbocycles. The molecule has 0 radical (unpaired) electrons. The number of hydrogen-bond donors (Lipinski definition) is 1. The number of rotatable bonds is 3. The van der Waals surface area contributed by atoms with Crippen LogP contribution in [0.15, 0.2) is 22.7 Å². The summed E-state index contributed by atoms with van der Waals surface area (Å²) in [6.45, 7) is 3.90. The van der Waals surface area contributed by atoms with Gasteiger partial charge >= 0.3 is 0 Å². The van der Waals surface area contributed by atoms with Gasteiger partial charge in [-0.25, -0.2) is 4.39 Å². The van der Waals surface area contributed by atoms with Crippen LogP contribution in [-0.4, -0.2) is 28.8 Å². The Labute approximate surface area is 125 Å². The Kier molecular flexibility index (Phi) is 4.13. The second-order valence-electron chi connectivity index (χ2n) is 5.14. The van der Waals surface area contributed by atoms with Crippen molar-refractivity contribution in [1.82, 2.24) is 10.2 Å². The molecule has 2 amide bonds. The van der Waals surface area contributed by atoms with Gasteiger partial charge in [-0.05, 0) is 47.0 Å². The van der Waals surface area contributed by atoms with Crippen molar-refractivity contribution in [1.29, 1.82) is 0 Å². The first-order valence-electron chi connectivity index (χ1n) is 6.40. The SMILES string of the molecule is CCC1(C)NC(=O)CN(Cc2ccc(F)c(Br)c2)C1=O. The van der Waals surface area contributed by atoms with Crippen molar-refractivity contribution in [2.45, 2.75) is 32.4 Å². The average molecular weight is 343 g/mol. The Balaban J connectivity index is 2.21. The van der Waals surface area contributed by atoms with Crippen LogP contribution in [0.3, 0.4) is 0 Å². The third kappa shape index (κ3) is 2.85. The lowest BCUT2D eigenvalue weighted by Gasteiger charge is -2.39. The fourth-order valence-electron chi connectivity index (χ4n) is 2.22. The van der Waals surface area contributed by atoms with Crippen LogP contribution in [0.4, 0.5) is 4.39 Å². The molecule has 1 fully saturated rings. The third-order valence-corrected chi connectivity index (χ3v) is 4.18. The van der Waals surface area contributed by atoms with E-state index in [0.29, 0.717) is 17.4 Å². The monoisotopic (exact) mass is 342 g/mol. The van der Waals surface area contributed by atoms with Crippen LogP contribution in [0.1, 0.15) is 25.8 Å². The first-order valence-corrected chi connectivity index (χ1v) is 7.19. The molecule has 20 heavy (non-hydrogen) atoms. The molecule has 1 aliphatic rings. The Bertz CT molecular complexity index is 564. The summed E-state index contributed by atoms with van der Waals surface area (Å²) in [5, 5.41) is 2.73. The topological polar surface area (TPSA) is 49.4 Å². The molecule has 0 aromatic heterocycles. The Morgan fingerprint density at radius 1 is 1.45 bits per heavy atom. The molecule has 0 spiro atoms. The summed E-state index contributed by atoms with van der Waals surface area (Å²) in [7, 11) is 0. The fourth-order valence-corrected chi connectivity index (χ4v) is 2.65. The van der Waals surface area contributed by atoms with Gasteiger partial charge in [-0.1, -0.05) is 13.0 Å². The van der Waals surface area contributed by atoms with Crippen LogP contribution in [0.2, 0.25) is 0 Å². The maximum Gasteiger partial charge on any atom is 0.248 e. The third-order valence-electron chi connectivity index (χ3n) is 3.57. The fraction of sp³-hybridized carbons (Fsp3) is 0.429.